The number of benzene rings is 1. The van der Waals surface area contributed by atoms with Gasteiger partial charge in [-0.05, 0) is 17.7 Å². The molecule has 1 aromatic rings. The summed E-state index contributed by atoms with van der Waals surface area (Å²) in [4.78, 5) is 25.0. The number of methoxy groups -OCH3 is 3. The minimum atomic E-state index is -1.30. The summed E-state index contributed by atoms with van der Waals surface area (Å²) in [5, 5.41) is 21.3. The van der Waals surface area contributed by atoms with Gasteiger partial charge in [-0.2, -0.15) is 0 Å². The van der Waals surface area contributed by atoms with Gasteiger partial charge in [0, 0.05) is 44.7 Å². The highest BCUT2D eigenvalue weighted by Crippen LogP contribution is 2.42. The van der Waals surface area contributed by atoms with E-state index < -0.39 is 24.2 Å². The van der Waals surface area contributed by atoms with Crippen LogP contribution in [-0.2, 0) is 9.53 Å². The molecule has 2 rings (SSSR count). The molecule has 0 saturated heterocycles. The maximum atomic E-state index is 12.2. The maximum Gasteiger partial charge on any atom is 0.222 e. The zero-order chi connectivity index (χ0) is 21.0. The largest absolute Gasteiger partial charge is 0.493 e. The first-order valence-corrected chi connectivity index (χ1v) is 8.81. The molecule has 0 aliphatic heterocycles. The van der Waals surface area contributed by atoms with E-state index in [-0.39, 0.29) is 12.3 Å². The summed E-state index contributed by atoms with van der Waals surface area (Å²) in [5.74, 6) is 0.0138. The fourth-order valence-electron chi connectivity index (χ4n) is 3.43. The third-order valence-corrected chi connectivity index (χ3v) is 4.92. The molecule has 4 atom stereocenters. The molecule has 0 bridgehead atoms. The molecule has 0 spiro atoms. The molecular weight excluding hydrogens is 366 g/mol. The van der Waals surface area contributed by atoms with E-state index in [1.165, 1.54) is 32.3 Å². The van der Waals surface area contributed by atoms with Crippen LogP contribution in [0.15, 0.2) is 18.2 Å². The Morgan fingerprint density at radius 1 is 1.18 bits per heavy atom. The Balaban J connectivity index is 2.62. The predicted molar refractivity (Wildman–Crippen MR) is 103 cm³/mol. The van der Waals surface area contributed by atoms with Gasteiger partial charge in [-0.3, -0.25) is 9.59 Å². The van der Waals surface area contributed by atoms with E-state index in [4.69, 9.17) is 14.2 Å². The molecule has 0 heterocycles. The Bertz CT molecular complexity index is 759. The van der Waals surface area contributed by atoms with Gasteiger partial charge in [-0.15, -0.1) is 0 Å². The summed E-state index contributed by atoms with van der Waals surface area (Å²) >= 11 is 0. The van der Waals surface area contributed by atoms with E-state index in [0.717, 1.165) is 0 Å². The number of aliphatic hydroxyl groups is 2. The number of amides is 1. The Morgan fingerprint density at radius 3 is 2.36 bits per heavy atom. The van der Waals surface area contributed by atoms with Crippen LogP contribution in [0, 0.1) is 5.92 Å². The highest BCUT2D eigenvalue weighted by molar-refractivity contribution is 5.85. The van der Waals surface area contributed by atoms with E-state index in [0.29, 0.717) is 34.5 Å². The van der Waals surface area contributed by atoms with Gasteiger partial charge in [0.15, 0.2) is 11.5 Å². The molecule has 0 aromatic heterocycles. The van der Waals surface area contributed by atoms with Crippen molar-refractivity contribution < 1.29 is 34.0 Å². The molecule has 0 unspecified atom stereocenters. The SMILES string of the molecule is COc1cc(C=O)cc(C2=C[C@@H](CC(=O)N(C)C)[C@@H](OC)[C@H](O)[C@@H]2O)c1OC. The van der Waals surface area contributed by atoms with Crippen LogP contribution in [-0.4, -0.2) is 81.0 Å². The smallest absolute Gasteiger partial charge is 0.222 e. The van der Waals surface area contributed by atoms with Gasteiger partial charge in [-0.1, -0.05) is 6.08 Å². The third kappa shape index (κ3) is 4.19. The van der Waals surface area contributed by atoms with Crippen LogP contribution in [0.1, 0.15) is 22.3 Å². The zero-order valence-corrected chi connectivity index (χ0v) is 16.7. The van der Waals surface area contributed by atoms with Gasteiger partial charge in [0.05, 0.1) is 20.3 Å². The molecule has 0 fully saturated rings. The molecule has 8 heteroatoms. The lowest BCUT2D eigenvalue weighted by molar-refractivity contribution is -0.132. The first-order valence-electron chi connectivity index (χ1n) is 8.81. The van der Waals surface area contributed by atoms with E-state index in [1.54, 1.807) is 26.2 Å². The monoisotopic (exact) mass is 393 g/mol. The summed E-state index contributed by atoms with van der Waals surface area (Å²) in [6.07, 6.45) is -0.880. The molecule has 0 radical (unpaired) electrons. The summed E-state index contributed by atoms with van der Waals surface area (Å²) in [5.41, 5.74) is 1.08. The Hall–Kier alpha value is -2.42. The Morgan fingerprint density at radius 2 is 1.86 bits per heavy atom. The van der Waals surface area contributed by atoms with Crippen molar-refractivity contribution in [1.82, 2.24) is 4.90 Å². The molecule has 28 heavy (non-hydrogen) atoms. The fraction of sp³-hybridized carbons (Fsp3) is 0.500. The van der Waals surface area contributed by atoms with Gasteiger partial charge in [0.2, 0.25) is 5.91 Å². The number of aldehydes is 1. The van der Waals surface area contributed by atoms with Crippen molar-refractivity contribution in [3.05, 3.63) is 29.3 Å². The number of nitrogens with zero attached hydrogens (tertiary/aromatic N) is 1. The fourth-order valence-corrected chi connectivity index (χ4v) is 3.43. The molecule has 8 nitrogen and oxygen atoms in total. The number of carbonyl (C=O) groups excluding carboxylic acids is 2. The molecule has 2 N–H and O–H groups in total. The molecule has 1 amide bonds. The minimum absolute atomic E-state index is 0.0889. The third-order valence-electron chi connectivity index (χ3n) is 4.92. The second kappa shape index (κ2) is 9.18. The van der Waals surface area contributed by atoms with E-state index >= 15 is 0 Å². The second-order valence-corrected chi connectivity index (χ2v) is 6.84. The van der Waals surface area contributed by atoms with Crippen LogP contribution in [0.5, 0.6) is 11.5 Å². The first-order chi connectivity index (χ1) is 13.3. The summed E-state index contributed by atoms with van der Waals surface area (Å²) in [7, 11) is 7.59. The van der Waals surface area contributed by atoms with Crippen molar-refractivity contribution in [2.24, 2.45) is 5.92 Å². The number of ether oxygens (including phenoxy) is 3. The van der Waals surface area contributed by atoms with Crippen molar-refractivity contribution in [2.75, 3.05) is 35.4 Å². The normalized spacial score (nSPS) is 24.3. The number of hydrogen-bond donors (Lipinski definition) is 2. The van der Waals surface area contributed by atoms with Crippen LogP contribution in [0.25, 0.3) is 5.57 Å². The zero-order valence-electron chi connectivity index (χ0n) is 16.7. The van der Waals surface area contributed by atoms with Crippen molar-refractivity contribution in [2.45, 2.75) is 24.7 Å². The predicted octanol–water partition coefficient (Wildman–Crippen LogP) is 0.745. The number of rotatable bonds is 7. The Labute approximate surface area is 164 Å². The van der Waals surface area contributed by atoms with Crippen LogP contribution in [0.4, 0.5) is 0 Å². The van der Waals surface area contributed by atoms with Crippen LogP contribution >= 0.6 is 0 Å². The Kier molecular flexibility index (Phi) is 7.17. The molecule has 0 saturated carbocycles. The molecule has 1 aliphatic carbocycles. The topological polar surface area (TPSA) is 106 Å². The molecule has 1 aliphatic rings. The van der Waals surface area contributed by atoms with Crippen molar-refractivity contribution in [3.63, 3.8) is 0 Å². The standard InChI is InChI=1S/C20H27NO7/c1-21(2)16(23)9-12-8-13(17(24)18(25)19(12)27-4)14-6-11(10-22)7-15(26-3)20(14)28-5/h6-8,10,12,17-19,24-25H,9H2,1-5H3/t12-,17+,18+,19+/m0/s1. The van der Waals surface area contributed by atoms with Crippen molar-refractivity contribution in [3.8, 4) is 11.5 Å². The molecular formula is C20H27NO7. The van der Waals surface area contributed by atoms with E-state index in [9.17, 15) is 19.8 Å². The number of aliphatic hydroxyl groups excluding tert-OH is 2. The average Bonchev–Trinajstić information content (AvgIpc) is 2.69. The lowest BCUT2D eigenvalue weighted by atomic mass is 9.79. The van der Waals surface area contributed by atoms with Gasteiger partial charge in [0.1, 0.15) is 18.5 Å². The number of carbonyl (C=O) groups is 2. The first kappa shape index (κ1) is 21.9. The van der Waals surface area contributed by atoms with Crippen LogP contribution in [0.2, 0.25) is 0 Å². The van der Waals surface area contributed by atoms with E-state index in [2.05, 4.69) is 0 Å². The summed E-state index contributed by atoms with van der Waals surface area (Å²) < 4.78 is 16.1. The quantitative estimate of drug-likeness (QED) is 0.659. The average molecular weight is 393 g/mol. The lowest BCUT2D eigenvalue weighted by Crippen LogP contribution is -2.47. The molecule has 154 valence electrons. The summed E-state index contributed by atoms with van der Waals surface area (Å²) in [6, 6.07) is 3.07. The maximum absolute atomic E-state index is 12.2. The van der Waals surface area contributed by atoms with Gasteiger partial charge >= 0.3 is 0 Å². The van der Waals surface area contributed by atoms with Gasteiger partial charge in [-0.25, -0.2) is 0 Å². The summed E-state index contributed by atoms with van der Waals surface area (Å²) in [6.45, 7) is 0. The van der Waals surface area contributed by atoms with Gasteiger partial charge < -0.3 is 29.3 Å². The van der Waals surface area contributed by atoms with Crippen molar-refractivity contribution >= 4 is 17.8 Å². The van der Waals surface area contributed by atoms with E-state index in [1.807, 2.05) is 0 Å². The number of hydrogen-bond acceptors (Lipinski definition) is 7. The molecule has 1 aromatic carbocycles. The highest BCUT2D eigenvalue weighted by atomic mass is 16.5. The second-order valence-electron chi connectivity index (χ2n) is 6.84. The minimum Gasteiger partial charge on any atom is -0.493 e. The van der Waals surface area contributed by atoms with Crippen LogP contribution < -0.4 is 9.47 Å². The van der Waals surface area contributed by atoms with Gasteiger partial charge in [0.25, 0.3) is 0 Å². The lowest BCUT2D eigenvalue weighted by Gasteiger charge is -2.37. The highest BCUT2D eigenvalue weighted by Gasteiger charge is 2.41. The van der Waals surface area contributed by atoms with Crippen molar-refractivity contribution in [1.29, 1.82) is 0 Å². The van der Waals surface area contributed by atoms with Crippen LogP contribution in [0.3, 0.4) is 0 Å².